The van der Waals surface area contributed by atoms with Crippen LogP contribution in [0.2, 0.25) is 0 Å². The van der Waals surface area contributed by atoms with Crippen LogP contribution >= 0.6 is 0 Å². The Hall–Kier alpha value is -3.60. The maximum atomic E-state index is 12.4. The van der Waals surface area contributed by atoms with Crippen molar-refractivity contribution in [3.05, 3.63) is 95.1 Å². The first-order valence-electron chi connectivity index (χ1n) is 17.1. The standard InChI is InChI=1S/C38H49N3O6/c42-27-28-16-18-30(19-17-28)35-24-34(26-41-20-6-3-7-21-41)46-38(47-35)33-13-9-12-32(23-33)31-11-8-10-29(22-31)25-39-36(43)14-4-1-2-5-15-37(44)40-45/h8-13,16-19,22-23,34-35,38,42,45H,1-7,14-15,20-21,24-27H2,(H,39,43)(H,40,44). The molecule has 2 aliphatic rings. The summed E-state index contributed by atoms with van der Waals surface area (Å²) in [5.74, 6) is -0.365. The Kier molecular flexibility index (Phi) is 13.4. The van der Waals surface area contributed by atoms with E-state index in [9.17, 15) is 14.7 Å². The summed E-state index contributed by atoms with van der Waals surface area (Å²) in [6.45, 7) is 3.59. The molecular weight excluding hydrogens is 594 g/mol. The van der Waals surface area contributed by atoms with Crippen LogP contribution in [0.25, 0.3) is 11.1 Å². The number of likely N-dealkylation sites (tertiary alicyclic amines) is 1. The number of nitrogens with zero attached hydrogens (tertiary/aromatic N) is 1. The Balaban J connectivity index is 1.21. The number of nitrogens with one attached hydrogen (secondary N) is 2. The molecule has 2 amide bonds. The van der Waals surface area contributed by atoms with Crippen LogP contribution in [-0.4, -0.2) is 52.8 Å². The summed E-state index contributed by atoms with van der Waals surface area (Å²) < 4.78 is 13.3. The third-order valence-electron chi connectivity index (χ3n) is 9.12. The number of hydrogen-bond acceptors (Lipinski definition) is 7. The third-order valence-corrected chi connectivity index (χ3v) is 9.12. The molecule has 2 aliphatic heterocycles. The van der Waals surface area contributed by atoms with Gasteiger partial charge in [0.2, 0.25) is 11.8 Å². The first kappa shape index (κ1) is 34.7. The van der Waals surface area contributed by atoms with Crippen molar-refractivity contribution in [3.63, 3.8) is 0 Å². The monoisotopic (exact) mass is 643 g/mol. The second-order valence-electron chi connectivity index (χ2n) is 12.8. The normalized spacial score (nSPS) is 20.1. The van der Waals surface area contributed by atoms with Crippen molar-refractivity contribution in [1.82, 2.24) is 15.7 Å². The van der Waals surface area contributed by atoms with Crippen LogP contribution in [0.3, 0.4) is 0 Å². The number of unbranched alkanes of at least 4 members (excludes halogenated alkanes) is 3. The number of hydroxylamine groups is 1. The second kappa shape index (κ2) is 18.1. The fourth-order valence-electron chi connectivity index (χ4n) is 6.46. The molecule has 2 saturated heterocycles. The van der Waals surface area contributed by atoms with Crippen molar-refractivity contribution in [3.8, 4) is 11.1 Å². The number of aliphatic hydroxyl groups excluding tert-OH is 1. The maximum absolute atomic E-state index is 12.4. The quantitative estimate of drug-likeness (QED) is 0.0867. The van der Waals surface area contributed by atoms with Gasteiger partial charge in [0.1, 0.15) is 0 Å². The zero-order chi connectivity index (χ0) is 32.8. The van der Waals surface area contributed by atoms with E-state index in [0.29, 0.717) is 25.8 Å². The van der Waals surface area contributed by atoms with Crippen molar-refractivity contribution in [2.45, 2.75) is 95.9 Å². The number of aliphatic hydroxyl groups is 1. The van der Waals surface area contributed by atoms with Crippen molar-refractivity contribution in [2.24, 2.45) is 0 Å². The van der Waals surface area contributed by atoms with Gasteiger partial charge in [0.25, 0.3) is 0 Å². The van der Waals surface area contributed by atoms with Gasteiger partial charge in [-0.1, -0.05) is 79.9 Å². The molecule has 47 heavy (non-hydrogen) atoms. The summed E-state index contributed by atoms with van der Waals surface area (Å²) in [7, 11) is 0. The smallest absolute Gasteiger partial charge is 0.243 e. The molecule has 5 rings (SSSR count). The van der Waals surface area contributed by atoms with Gasteiger partial charge in [-0.05, 0) is 78.7 Å². The average molecular weight is 644 g/mol. The van der Waals surface area contributed by atoms with Gasteiger partial charge in [-0.25, -0.2) is 5.48 Å². The van der Waals surface area contributed by atoms with E-state index in [2.05, 4.69) is 52.7 Å². The highest BCUT2D eigenvalue weighted by Crippen LogP contribution is 2.39. The van der Waals surface area contributed by atoms with Gasteiger partial charge in [-0.2, -0.15) is 0 Å². The molecule has 252 valence electrons. The van der Waals surface area contributed by atoms with E-state index in [1.54, 1.807) is 5.48 Å². The molecule has 2 heterocycles. The van der Waals surface area contributed by atoms with Gasteiger partial charge >= 0.3 is 0 Å². The molecule has 0 aliphatic carbocycles. The van der Waals surface area contributed by atoms with Crippen molar-refractivity contribution >= 4 is 11.8 Å². The molecule has 0 spiro atoms. The molecule has 0 bridgehead atoms. The molecule has 3 unspecified atom stereocenters. The SMILES string of the molecule is O=C(CCCCCCC(=O)NCc1cccc(-c2cccc(C3OC(CN4CCCCC4)CC(c4ccc(CO)cc4)O3)c2)c1)NO. The van der Waals surface area contributed by atoms with Crippen LogP contribution in [0.15, 0.2) is 72.8 Å². The number of carbonyl (C=O) groups excluding carboxylic acids is 2. The zero-order valence-electron chi connectivity index (χ0n) is 27.2. The largest absolute Gasteiger partial charge is 0.392 e. The van der Waals surface area contributed by atoms with Crippen molar-refractivity contribution in [1.29, 1.82) is 0 Å². The highest BCUT2D eigenvalue weighted by molar-refractivity contribution is 5.76. The number of ether oxygens (including phenoxy) is 2. The van der Waals surface area contributed by atoms with Gasteiger partial charge in [0, 0.05) is 37.9 Å². The summed E-state index contributed by atoms with van der Waals surface area (Å²) in [5, 5.41) is 21.1. The van der Waals surface area contributed by atoms with Crippen LogP contribution in [0.5, 0.6) is 0 Å². The zero-order valence-corrected chi connectivity index (χ0v) is 27.2. The highest BCUT2D eigenvalue weighted by atomic mass is 16.7. The fraction of sp³-hybridized carbons (Fsp3) is 0.474. The molecule has 2 fully saturated rings. The van der Waals surface area contributed by atoms with E-state index in [0.717, 1.165) is 78.7 Å². The Labute approximate surface area is 278 Å². The average Bonchev–Trinajstić information content (AvgIpc) is 3.12. The highest BCUT2D eigenvalue weighted by Gasteiger charge is 2.33. The van der Waals surface area contributed by atoms with E-state index in [1.807, 2.05) is 30.3 Å². The predicted octanol–water partition coefficient (Wildman–Crippen LogP) is 6.34. The van der Waals surface area contributed by atoms with Gasteiger partial charge in [0.15, 0.2) is 6.29 Å². The molecule has 0 saturated carbocycles. The number of rotatable bonds is 15. The third kappa shape index (κ3) is 10.7. The fourth-order valence-corrected chi connectivity index (χ4v) is 6.46. The first-order valence-corrected chi connectivity index (χ1v) is 17.1. The number of benzene rings is 3. The molecule has 9 heteroatoms. The van der Waals surface area contributed by atoms with E-state index < -0.39 is 6.29 Å². The van der Waals surface area contributed by atoms with Crippen LogP contribution in [-0.2, 0) is 32.2 Å². The van der Waals surface area contributed by atoms with E-state index >= 15 is 0 Å². The minimum absolute atomic E-state index is 0.0109. The molecule has 3 aromatic rings. The molecule has 0 radical (unpaired) electrons. The van der Waals surface area contributed by atoms with Crippen molar-refractivity contribution in [2.75, 3.05) is 19.6 Å². The minimum Gasteiger partial charge on any atom is -0.392 e. The van der Waals surface area contributed by atoms with Crippen LogP contribution in [0.4, 0.5) is 0 Å². The summed E-state index contributed by atoms with van der Waals surface area (Å²) in [6.07, 6.45) is 7.87. The van der Waals surface area contributed by atoms with Gasteiger partial charge < -0.3 is 24.8 Å². The summed E-state index contributed by atoms with van der Waals surface area (Å²) in [6, 6.07) is 24.6. The molecule has 9 nitrogen and oxygen atoms in total. The second-order valence-corrected chi connectivity index (χ2v) is 12.8. The summed E-state index contributed by atoms with van der Waals surface area (Å²) in [5.41, 5.74) is 7.73. The van der Waals surface area contributed by atoms with Crippen LogP contribution < -0.4 is 10.8 Å². The molecular formula is C38H49N3O6. The lowest BCUT2D eigenvalue weighted by molar-refractivity contribution is -0.253. The lowest BCUT2D eigenvalue weighted by Gasteiger charge is -2.39. The number of hydrogen-bond donors (Lipinski definition) is 4. The Morgan fingerprint density at radius 3 is 2.19 bits per heavy atom. The molecule has 3 atom stereocenters. The van der Waals surface area contributed by atoms with E-state index in [4.69, 9.17) is 14.7 Å². The lowest BCUT2D eigenvalue weighted by atomic mass is 9.98. The minimum atomic E-state index is -0.504. The maximum Gasteiger partial charge on any atom is 0.243 e. The van der Waals surface area contributed by atoms with Crippen LogP contribution in [0.1, 0.15) is 98.9 Å². The Morgan fingerprint density at radius 1 is 0.766 bits per heavy atom. The van der Waals surface area contributed by atoms with Gasteiger partial charge in [-0.15, -0.1) is 0 Å². The summed E-state index contributed by atoms with van der Waals surface area (Å²) >= 11 is 0. The van der Waals surface area contributed by atoms with Crippen molar-refractivity contribution < 1.29 is 29.4 Å². The predicted molar refractivity (Wildman–Crippen MR) is 180 cm³/mol. The first-order chi connectivity index (χ1) is 23.0. The van der Waals surface area contributed by atoms with Gasteiger partial charge in [0.05, 0.1) is 18.8 Å². The Bertz CT molecular complexity index is 1420. The van der Waals surface area contributed by atoms with E-state index in [-0.39, 0.29) is 30.6 Å². The number of amides is 2. The van der Waals surface area contributed by atoms with Gasteiger partial charge in [-0.3, -0.25) is 14.8 Å². The summed E-state index contributed by atoms with van der Waals surface area (Å²) in [4.78, 5) is 26.0. The molecule has 3 aromatic carbocycles. The molecule has 4 N–H and O–H groups in total. The number of piperidine rings is 1. The molecule has 0 aromatic heterocycles. The van der Waals surface area contributed by atoms with E-state index in [1.165, 1.54) is 19.3 Å². The Morgan fingerprint density at radius 2 is 1.47 bits per heavy atom. The van der Waals surface area contributed by atoms with Crippen LogP contribution in [0, 0.1) is 0 Å². The lowest BCUT2D eigenvalue weighted by Crippen LogP contribution is -2.41. The topological polar surface area (TPSA) is 120 Å². The number of carbonyl (C=O) groups is 2.